The maximum Gasteiger partial charge on any atom is 0.255 e. The Kier molecular flexibility index (Phi) is 4.05. The number of fused-ring (bicyclic) bond motifs is 1. The summed E-state index contributed by atoms with van der Waals surface area (Å²) in [6.07, 6.45) is 0. The summed E-state index contributed by atoms with van der Waals surface area (Å²) in [7, 11) is 1.56. The molecule has 3 aromatic rings. The zero-order chi connectivity index (χ0) is 15.4. The Morgan fingerprint density at radius 3 is 2.50 bits per heavy atom. The van der Waals surface area contributed by atoms with Gasteiger partial charge in [-0.05, 0) is 34.5 Å². The van der Waals surface area contributed by atoms with Crippen LogP contribution in [0.1, 0.15) is 15.9 Å². The molecule has 3 aromatic carbocycles. The third-order valence-electron chi connectivity index (χ3n) is 3.62. The third-order valence-corrected chi connectivity index (χ3v) is 3.62. The number of hydrogen-bond acceptors (Lipinski definition) is 2. The Morgan fingerprint density at radius 2 is 1.68 bits per heavy atom. The fourth-order valence-electron chi connectivity index (χ4n) is 2.46. The quantitative estimate of drug-likeness (QED) is 0.794. The second-order valence-electron chi connectivity index (χ2n) is 5.06. The number of benzene rings is 3. The molecule has 0 fully saturated rings. The van der Waals surface area contributed by atoms with Gasteiger partial charge >= 0.3 is 0 Å². The smallest absolute Gasteiger partial charge is 0.255 e. The van der Waals surface area contributed by atoms with Gasteiger partial charge in [0.2, 0.25) is 0 Å². The Hall–Kier alpha value is -2.81. The number of carbonyl (C=O) groups is 1. The normalized spacial score (nSPS) is 10.4. The van der Waals surface area contributed by atoms with E-state index >= 15 is 0 Å². The van der Waals surface area contributed by atoms with Crippen molar-refractivity contribution in [2.75, 3.05) is 7.11 Å². The molecule has 0 radical (unpaired) electrons. The predicted molar refractivity (Wildman–Crippen MR) is 88.1 cm³/mol. The van der Waals surface area contributed by atoms with Crippen LogP contribution in [0.5, 0.6) is 5.75 Å². The van der Waals surface area contributed by atoms with Gasteiger partial charge in [0.25, 0.3) is 5.91 Å². The molecule has 0 unspecified atom stereocenters. The lowest BCUT2D eigenvalue weighted by molar-refractivity contribution is 0.0948. The minimum atomic E-state index is -0.134. The molecular weight excluding hydrogens is 274 g/mol. The molecule has 0 aromatic heterocycles. The first-order valence-electron chi connectivity index (χ1n) is 7.17. The van der Waals surface area contributed by atoms with Gasteiger partial charge in [0, 0.05) is 6.54 Å². The van der Waals surface area contributed by atoms with Crippen molar-refractivity contribution in [1.82, 2.24) is 5.32 Å². The number of methoxy groups -OCH3 is 1. The number of ether oxygens (including phenoxy) is 1. The van der Waals surface area contributed by atoms with E-state index in [9.17, 15) is 4.79 Å². The molecule has 22 heavy (non-hydrogen) atoms. The van der Waals surface area contributed by atoms with Crippen LogP contribution in [0.4, 0.5) is 0 Å². The molecule has 0 aliphatic heterocycles. The predicted octanol–water partition coefficient (Wildman–Crippen LogP) is 3.78. The summed E-state index contributed by atoms with van der Waals surface area (Å²) in [6, 6.07) is 21.6. The standard InChI is InChI=1S/C19H17NO2/c1-22-18-9-5-4-8-17(18)19(21)20-13-14-10-11-15-6-2-3-7-16(15)12-14/h2-12H,13H2,1H3,(H,20,21). The maximum absolute atomic E-state index is 12.3. The highest BCUT2D eigenvalue weighted by Gasteiger charge is 2.10. The topological polar surface area (TPSA) is 38.3 Å². The molecule has 3 heteroatoms. The highest BCUT2D eigenvalue weighted by Crippen LogP contribution is 2.18. The lowest BCUT2D eigenvalue weighted by Crippen LogP contribution is -2.23. The molecule has 1 N–H and O–H groups in total. The van der Waals surface area contributed by atoms with Crippen molar-refractivity contribution < 1.29 is 9.53 Å². The van der Waals surface area contributed by atoms with Crippen LogP contribution in [0.2, 0.25) is 0 Å². The first-order valence-corrected chi connectivity index (χ1v) is 7.17. The Morgan fingerprint density at radius 1 is 0.955 bits per heavy atom. The molecule has 3 nitrogen and oxygen atoms in total. The Bertz CT molecular complexity index is 811. The number of rotatable bonds is 4. The summed E-state index contributed by atoms with van der Waals surface area (Å²) >= 11 is 0. The maximum atomic E-state index is 12.3. The van der Waals surface area contributed by atoms with Crippen molar-refractivity contribution in [3.05, 3.63) is 77.9 Å². The number of nitrogens with one attached hydrogen (secondary N) is 1. The van der Waals surface area contributed by atoms with Crippen LogP contribution in [0.15, 0.2) is 66.7 Å². The zero-order valence-corrected chi connectivity index (χ0v) is 12.4. The summed E-state index contributed by atoms with van der Waals surface area (Å²) < 4.78 is 5.22. The summed E-state index contributed by atoms with van der Waals surface area (Å²) in [6.45, 7) is 0.488. The average Bonchev–Trinajstić information content (AvgIpc) is 2.59. The third kappa shape index (κ3) is 2.93. The van der Waals surface area contributed by atoms with E-state index in [1.54, 1.807) is 19.2 Å². The van der Waals surface area contributed by atoms with Gasteiger partial charge in [-0.1, -0.05) is 48.5 Å². The van der Waals surface area contributed by atoms with Crippen molar-refractivity contribution in [1.29, 1.82) is 0 Å². The molecule has 0 aliphatic rings. The molecule has 0 aliphatic carbocycles. The molecule has 3 rings (SSSR count). The van der Waals surface area contributed by atoms with Crippen LogP contribution in [-0.4, -0.2) is 13.0 Å². The van der Waals surface area contributed by atoms with E-state index in [0.29, 0.717) is 17.9 Å². The summed E-state index contributed by atoms with van der Waals surface area (Å²) in [4.78, 5) is 12.3. The molecular formula is C19H17NO2. The van der Waals surface area contributed by atoms with E-state index in [2.05, 4.69) is 29.6 Å². The molecule has 0 bridgehead atoms. The minimum Gasteiger partial charge on any atom is -0.496 e. The SMILES string of the molecule is COc1ccccc1C(=O)NCc1ccc2ccccc2c1. The van der Waals surface area contributed by atoms with Gasteiger partial charge < -0.3 is 10.1 Å². The van der Waals surface area contributed by atoms with Crippen LogP contribution in [0.25, 0.3) is 10.8 Å². The van der Waals surface area contributed by atoms with E-state index < -0.39 is 0 Å². The minimum absolute atomic E-state index is 0.134. The van der Waals surface area contributed by atoms with Crippen LogP contribution in [0.3, 0.4) is 0 Å². The molecule has 0 saturated carbocycles. The number of amides is 1. The van der Waals surface area contributed by atoms with Crippen molar-refractivity contribution in [3.63, 3.8) is 0 Å². The van der Waals surface area contributed by atoms with Crippen LogP contribution >= 0.6 is 0 Å². The van der Waals surface area contributed by atoms with Crippen LogP contribution in [-0.2, 0) is 6.54 Å². The van der Waals surface area contributed by atoms with E-state index in [0.717, 1.165) is 5.56 Å². The van der Waals surface area contributed by atoms with E-state index in [-0.39, 0.29) is 5.91 Å². The number of para-hydroxylation sites is 1. The highest BCUT2D eigenvalue weighted by atomic mass is 16.5. The lowest BCUT2D eigenvalue weighted by Gasteiger charge is -2.09. The summed E-state index contributed by atoms with van der Waals surface area (Å²) in [5.74, 6) is 0.448. The monoisotopic (exact) mass is 291 g/mol. The lowest BCUT2D eigenvalue weighted by atomic mass is 10.1. The fourth-order valence-corrected chi connectivity index (χ4v) is 2.46. The fraction of sp³-hybridized carbons (Fsp3) is 0.105. The van der Waals surface area contributed by atoms with Crippen molar-refractivity contribution in [3.8, 4) is 5.75 Å². The Labute approximate surface area is 129 Å². The van der Waals surface area contributed by atoms with E-state index in [1.807, 2.05) is 30.3 Å². The zero-order valence-electron chi connectivity index (χ0n) is 12.4. The van der Waals surface area contributed by atoms with E-state index in [1.165, 1.54) is 10.8 Å². The highest BCUT2D eigenvalue weighted by molar-refractivity contribution is 5.96. The molecule has 0 heterocycles. The number of hydrogen-bond donors (Lipinski definition) is 1. The second kappa shape index (κ2) is 6.31. The first-order chi connectivity index (χ1) is 10.8. The van der Waals surface area contributed by atoms with Gasteiger partial charge in [0.1, 0.15) is 5.75 Å². The van der Waals surface area contributed by atoms with Gasteiger partial charge in [-0.15, -0.1) is 0 Å². The molecule has 110 valence electrons. The van der Waals surface area contributed by atoms with Crippen LogP contribution in [0, 0.1) is 0 Å². The van der Waals surface area contributed by atoms with Crippen LogP contribution < -0.4 is 10.1 Å². The summed E-state index contributed by atoms with van der Waals surface area (Å²) in [5, 5.41) is 5.31. The van der Waals surface area contributed by atoms with Crippen molar-refractivity contribution in [2.24, 2.45) is 0 Å². The largest absolute Gasteiger partial charge is 0.496 e. The molecule has 0 saturated heterocycles. The molecule has 0 atom stereocenters. The molecule has 0 spiro atoms. The average molecular weight is 291 g/mol. The van der Waals surface area contributed by atoms with E-state index in [4.69, 9.17) is 4.74 Å². The van der Waals surface area contributed by atoms with Gasteiger partial charge in [0.15, 0.2) is 0 Å². The second-order valence-corrected chi connectivity index (χ2v) is 5.06. The van der Waals surface area contributed by atoms with Gasteiger partial charge in [-0.25, -0.2) is 0 Å². The summed E-state index contributed by atoms with van der Waals surface area (Å²) in [5.41, 5.74) is 1.62. The first kappa shape index (κ1) is 14.1. The van der Waals surface area contributed by atoms with Gasteiger partial charge in [-0.3, -0.25) is 4.79 Å². The van der Waals surface area contributed by atoms with Gasteiger partial charge in [-0.2, -0.15) is 0 Å². The van der Waals surface area contributed by atoms with Gasteiger partial charge in [0.05, 0.1) is 12.7 Å². The number of carbonyl (C=O) groups excluding carboxylic acids is 1. The molecule has 1 amide bonds. The Balaban J connectivity index is 1.74. The van der Waals surface area contributed by atoms with Crippen molar-refractivity contribution in [2.45, 2.75) is 6.54 Å². The van der Waals surface area contributed by atoms with Crippen molar-refractivity contribution >= 4 is 16.7 Å².